The van der Waals surface area contributed by atoms with Gasteiger partial charge in [0.15, 0.2) is 6.61 Å². The maximum atomic E-state index is 13.0. The Balaban J connectivity index is 1.000. The number of nitrogens with zero attached hydrogens (tertiary/aromatic N) is 3. The molecule has 14 nitrogen and oxygen atoms in total. The molecule has 57 heavy (non-hydrogen) atoms. The highest BCUT2D eigenvalue weighted by Gasteiger charge is 2.45. The van der Waals surface area contributed by atoms with Gasteiger partial charge < -0.3 is 35.8 Å². The third-order valence-electron chi connectivity index (χ3n) is 9.58. The van der Waals surface area contributed by atoms with Gasteiger partial charge in [0.05, 0.1) is 12.1 Å². The average molecular weight is 810 g/mol. The van der Waals surface area contributed by atoms with Crippen molar-refractivity contribution in [2.75, 3.05) is 30.4 Å². The Morgan fingerprint density at radius 2 is 1.54 bits per heavy atom. The van der Waals surface area contributed by atoms with Crippen molar-refractivity contribution in [3.05, 3.63) is 95.0 Å². The minimum atomic E-state index is -4.64. The molecule has 2 aliphatic carbocycles. The number of nitrogens with one attached hydrogen (secondary N) is 4. The third-order valence-corrected chi connectivity index (χ3v) is 9.84. The quantitative estimate of drug-likeness (QED) is 0.0635. The number of benzene rings is 3. The molecule has 2 aliphatic rings. The van der Waals surface area contributed by atoms with Crippen molar-refractivity contribution < 1.29 is 46.9 Å². The van der Waals surface area contributed by atoms with E-state index in [1.54, 1.807) is 12.1 Å². The van der Waals surface area contributed by atoms with Gasteiger partial charge in [-0.05, 0) is 92.6 Å². The summed E-state index contributed by atoms with van der Waals surface area (Å²) in [5.41, 5.74) is 0.597. The van der Waals surface area contributed by atoms with Gasteiger partial charge in [-0.1, -0.05) is 41.9 Å². The highest BCUT2D eigenvalue weighted by molar-refractivity contribution is 6.36. The highest BCUT2D eigenvalue weighted by atomic mass is 35.5. The molecule has 3 aromatic carbocycles. The van der Waals surface area contributed by atoms with Crippen molar-refractivity contribution in [1.82, 2.24) is 25.6 Å². The number of hydrogen-bond acceptors (Lipinski definition) is 11. The first kappa shape index (κ1) is 40.7. The number of halogens is 4. The maximum absolute atomic E-state index is 13.0. The zero-order chi connectivity index (χ0) is 40.6. The third kappa shape index (κ3) is 11.8. The molecule has 0 bridgehead atoms. The van der Waals surface area contributed by atoms with E-state index in [-0.39, 0.29) is 42.3 Å². The molecule has 2 saturated carbocycles. The van der Waals surface area contributed by atoms with E-state index in [9.17, 15) is 37.5 Å². The first-order chi connectivity index (χ1) is 27.2. The number of alkyl halides is 3. The smallest absolute Gasteiger partial charge is 0.422 e. The lowest BCUT2D eigenvalue weighted by Gasteiger charge is -2.19. The minimum Gasteiger partial charge on any atom is -0.493 e. The number of carboxylic acid groups (broad SMARTS) is 1. The predicted molar refractivity (Wildman–Crippen MR) is 201 cm³/mol. The SMILES string of the molecule is O=C(CCC1(COc2ccccc2)CC1)C(=O)NCC[C@H](NC(=O)c1ccc(Nc2nc(NC3(c4ccc(Cl)cc4)CC3)nc(OCC(F)(F)F)n2)cc1)C(=O)O. The van der Waals surface area contributed by atoms with Crippen molar-refractivity contribution in [1.29, 1.82) is 0 Å². The van der Waals surface area contributed by atoms with E-state index in [4.69, 9.17) is 21.1 Å². The first-order valence-corrected chi connectivity index (χ1v) is 18.5. The summed E-state index contributed by atoms with van der Waals surface area (Å²) >= 11 is 6.03. The monoisotopic (exact) mass is 809 g/mol. The van der Waals surface area contributed by atoms with Gasteiger partial charge in [0, 0.05) is 34.7 Å². The van der Waals surface area contributed by atoms with E-state index >= 15 is 0 Å². The molecule has 5 N–H and O–H groups in total. The number of para-hydroxylation sites is 1. The van der Waals surface area contributed by atoms with Crippen molar-refractivity contribution in [2.24, 2.45) is 5.41 Å². The predicted octanol–water partition coefficient (Wildman–Crippen LogP) is 6.21. The summed E-state index contributed by atoms with van der Waals surface area (Å²) in [5, 5.41) is 21.2. The molecule has 1 atom stereocenters. The summed E-state index contributed by atoms with van der Waals surface area (Å²) < 4.78 is 49.5. The van der Waals surface area contributed by atoms with Crippen LogP contribution >= 0.6 is 11.6 Å². The summed E-state index contributed by atoms with van der Waals surface area (Å²) in [7, 11) is 0. The normalized spacial score (nSPS) is 15.4. The molecule has 4 aromatic rings. The van der Waals surface area contributed by atoms with Crippen LogP contribution < -0.4 is 30.7 Å². The lowest BCUT2D eigenvalue weighted by Crippen LogP contribution is -2.43. The van der Waals surface area contributed by atoms with Crippen molar-refractivity contribution in [3.8, 4) is 11.8 Å². The topological polar surface area (TPSA) is 194 Å². The maximum Gasteiger partial charge on any atom is 0.422 e. The zero-order valence-electron chi connectivity index (χ0n) is 30.4. The highest BCUT2D eigenvalue weighted by Crippen LogP contribution is 2.50. The van der Waals surface area contributed by atoms with Crippen LogP contribution in [0.3, 0.4) is 0 Å². The van der Waals surface area contributed by atoms with E-state index < -0.39 is 53.9 Å². The first-order valence-electron chi connectivity index (χ1n) is 18.1. The molecule has 0 unspecified atom stereocenters. The second kappa shape index (κ2) is 17.4. The van der Waals surface area contributed by atoms with E-state index in [1.807, 2.05) is 42.5 Å². The van der Waals surface area contributed by atoms with E-state index in [0.29, 0.717) is 36.6 Å². The number of ketones is 1. The van der Waals surface area contributed by atoms with Crippen LogP contribution in [0, 0.1) is 5.41 Å². The molecule has 1 aromatic heterocycles. The zero-order valence-corrected chi connectivity index (χ0v) is 31.2. The van der Waals surface area contributed by atoms with Crippen molar-refractivity contribution >= 4 is 52.8 Å². The van der Waals surface area contributed by atoms with Gasteiger partial charge in [0.25, 0.3) is 11.8 Å². The summed E-state index contributed by atoms with van der Waals surface area (Å²) in [6.07, 6.45) is -1.13. The summed E-state index contributed by atoms with van der Waals surface area (Å²) in [6.45, 7) is -1.36. The Kier molecular flexibility index (Phi) is 12.5. The molecule has 2 amide bonds. The largest absolute Gasteiger partial charge is 0.493 e. The van der Waals surface area contributed by atoms with Crippen LogP contribution in [0.25, 0.3) is 0 Å². The molecule has 1 heterocycles. The average Bonchev–Trinajstić information content (AvgIpc) is 4.13. The Morgan fingerprint density at radius 1 is 0.860 bits per heavy atom. The number of Topliss-reactive ketones (excluding diaryl/α,β-unsaturated/α-hetero) is 1. The Labute approximate surface area is 329 Å². The summed E-state index contributed by atoms with van der Waals surface area (Å²) in [4.78, 5) is 62.2. The Hall–Kier alpha value is -5.97. The van der Waals surface area contributed by atoms with Gasteiger partial charge in [-0.15, -0.1) is 0 Å². The van der Waals surface area contributed by atoms with Crippen LogP contribution in [0.5, 0.6) is 11.8 Å². The molecule has 300 valence electrons. The number of hydrogen-bond donors (Lipinski definition) is 5. The number of carbonyl (C=O) groups is 4. The van der Waals surface area contributed by atoms with E-state index in [0.717, 1.165) is 24.2 Å². The van der Waals surface area contributed by atoms with Crippen molar-refractivity contribution in [2.45, 2.75) is 62.7 Å². The number of carboxylic acids is 1. The lowest BCUT2D eigenvalue weighted by molar-refractivity contribution is -0.154. The number of rotatable bonds is 20. The van der Waals surface area contributed by atoms with Gasteiger partial charge in [-0.2, -0.15) is 28.1 Å². The number of amides is 2. The summed E-state index contributed by atoms with van der Waals surface area (Å²) in [6, 6.07) is 20.1. The second-order valence-electron chi connectivity index (χ2n) is 14.0. The fourth-order valence-electron chi connectivity index (χ4n) is 5.92. The van der Waals surface area contributed by atoms with Gasteiger partial charge in [-0.3, -0.25) is 14.4 Å². The number of anilines is 3. The van der Waals surface area contributed by atoms with Gasteiger partial charge in [0.2, 0.25) is 17.7 Å². The van der Waals surface area contributed by atoms with Crippen molar-refractivity contribution in [3.63, 3.8) is 0 Å². The molecule has 2 fully saturated rings. The minimum absolute atomic E-state index is 0.0251. The van der Waals surface area contributed by atoms with Crippen LogP contribution in [0.1, 0.15) is 60.9 Å². The lowest BCUT2D eigenvalue weighted by atomic mass is 9.99. The van der Waals surface area contributed by atoms with Gasteiger partial charge >= 0.3 is 18.2 Å². The fourth-order valence-corrected chi connectivity index (χ4v) is 6.05. The molecule has 6 rings (SSSR count). The molecule has 0 spiro atoms. The van der Waals surface area contributed by atoms with E-state index in [2.05, 4.69) is 36.2 Å². The molecular formula is C39H39ClF3N7O7. The molecule has 18 heteroatoms. The number of aliphatic carboxylic acids is 1. The number of ether oxygens (including phenoxy) is 2. The van der Waals surface area contributed by atoms with E-state index in [1.165, 1.54) is 24.3 Å². The molecule has 0 aliphatic heterocycles. The second-order valence-corrected chi connectivity index (χ2v) is 14.5. The summed E-state index contributed by atoms with van der Waals surface area (Å²) in [5.74, 6) is -2.98. The van der Waals surface area contributed by atoms with Crippen LogP contribution in [0.4, 0.5) is 30.8 Å². The fraction of sp³-hybridized carbons (Fsp3) is 0.359. The number of carbonyl (C=O) groups excluding carboxylic acids is 3. The molecule has 0 saturated heterocycles. The van der Waals surface area contributed by atoms with Crippen LogP contribution in [-0.4, -0.2) is 75.6 Å². The van der Waals surface area contributed by atoms with Gasteiger partial charge in [0.1, 0.15) is 11.8 Å². The van der Waals surface area contributed by atoms with Crippen LogP contribution in [0.15, 0.2) is 78.9 Å². The Morgan fingerprint density at radius 3 is 2.18 bits per heavy atom. The molecule has 0 radical (unpaired) electrons. The van der Waals surface area contributed by atoms with Crippen LogP contribution in [0.2, 0.25) is 5.02 Å². The van der Waals surface area contributed by atoms with Crippen LogP contribution in [-0.2, 0) is 19.9 Å². The standard InChI is InChI=1S/C39H39ClF3N7O7/c40-26-10-8-25(9-11-26)38(19-20-38)50-35-47-34(48-36(49-35)57-23-39(41,42)43)45-27-12-6-24(7-13-27)31(52)46-29(33(54)55)15-21-44-32(53)30(51)14-16-37(17-18-37)22-56-28-4-2-1-3-5-28/h1-13,29H,14-23H2,(H,44,53)(H,46,52)(H,54,55)(H2,45,47,48,49,50)/t29-/m0/s1. The van der Waals surface area contributed by atoms with Gasteiger partial charge in [-0.25, -0.2) is 4.79 Å². The Bertz CT molecular complexity index is 2070. The molecular weight excluding hydrogens is 771 g/mol. The number of aromatic nitrogens is 3.